The summed E-state index contributed by atoms with van der Waals surface area (Å²) in [5, 5.41) is 4.34. The molecule has 0 bridgehead atoms. The predicted molar refractivity (Wildman–Crippen MR) is 84.2 cm³/mol. The highest BCUT2D eigenvalue weighted by atomic mass is 79.9. The summed E-state index contributed by atoms with van der Waals surface area (Å²) in [6.07, 6.45) is 3.23. The SMILES string of the molecule is C=C(C)CCC(NCCC)c1ccc(Br)c(Cl)c1. The van der Waals surface area contributed by atoms with E-state index in [1.807, 2.05) is 12.1 Å². The number of halogens is 2. The highest BCUT2D eigenvalue weighted by Gasteiger charge is 2.11. The van der Waals surface area contributed by atoms with Gasteiger partial charge in [0.25, 0.3) is 0 Å². The van der Waals surface area contributed by atoms with Gasteiger partial charge in [0.2, 0.25) is 0 Å². The number of hydrogen-bond acceptors (Lipinski definition) is 1. The first-order valence-electron chi connectivity index (χ1n) is 6.37. The highest BCUT2D eigenvalue weighted by Crippen LogP contribution is 2.28. The normalized spacial score (nSPS) is 12.4. The molecule has 0 saturated carbocycles. The molecule has 0 aliphatic heterocycles. The van der Waals surface area contributed by atoms with Gasteiger partial charge in [-0.25, -0.2) is 0 Å². The molecule has 1 atom stereocenters. The largest absolute Gasteiger partial charge is 0.310 e. The zero-order valence-corrected chi connectivity index (χ0v) is 13.4. The van der Waals surface area contributed by atoms with Gasteiger partial charge in [-0.3, -0.25) is 0 Å². The molecule has 100 valence electrons. The van der Waals surface area contributed by atoms with Crippen LogP contribution in [0.25, 0.3) is 0 Å². The van der Waals surface area contributed by atoms with Crippen molar-refractivity contribution in [1.82, 2.24) is 5.32 Å². The van der Waals surface area contributed by atoms with Crippen LogP contribution in [0.5, 0.6) is 0 Å². The third kappa shape index (κ3) is 5.13. The van der Waals surface area contributed by atoms with Crippen molar-refractivity contribution in [2.45, 2.75) is 39.2 Å². The van der Waals surface area contributed by atoms with E-state index < -0.39 is 0 Å². The van der Waals surface area contributed by atoms with Crippen LogP contribution in [0.3, 0.4) is 0 Å². The Hall–Kier alpha value is -0.310. The van der Waals surface area contributed by atoms with Crippen LogP contribution in [0.2, 0.25) is 5.02 Å². The molecule has 0 heterocycles. The van der Waals surface area contributed by atoms with E-state index in [-0.39, 0.29) is 0 Å². The van der Waals surface area contributed by atoms with Crippen LogP contribution in [0, 0.1) is 0 Å². The van der Waals surface area contributed by atoms with Gasteiger partial charge in [-0.1, -0.05) is 30.2 Å². The molecular formula is C15H21BrClN. The molecular weight excluding hydrogens is 310 g/mol. The molecule has 0 spiro atoms. The lowest BCUT2D eigenvalue weighted by molar-refractivity contribution is 0.499. The molecule has 0 aliphatic rings. The van der Waals surface area contributed by atoms with Crippen molar-refractivity contribution in [2.24, 2.45) is 0 Å². The fourth-order valence-electron chi connectivity index (χ4n) is 1.83. The van der Waals surface area contributed by atoms with E-state index in [0.29, 0.717) is 6.04 Å². The summed E-state index contributed by atoms with van der Waals surface area (Å²) in [4.78, 5) is 0. The molecule has 1 aromatic rings. The van der Waals surface area contributed by atoms with Gasteiger partial charge in [0.15, 0.2) is 0 Å². The molecule has 1 rings (SSSR count). The summed E-state index contributed by atoms with van der Waals surface area (Å²) >= 11 is 9.59. The van der Waals surface area contributed by atoms with Crippen LogP contribution in [0.1, 0.15) is 44.7 Å². The maximum atomic E-state index is 6.16. The Morgan fingerprint density at radius 3 is 2.78 bits per heavy atom. The summed E-state index contributed by atoms with van der Waals surface area (Å²) in [6.45, 7) is 9.25. The molecule has 0 saturated heterocycles. The van der Waals surface area contributed by atoms with Crippen molar-refractivity contribution in [3.8, 4) is 0 Å². The fraction of sp³-hybridized carbons (Fsp3) is 0.467. The molecule has 1 unspecified atom stereocenters. The van der Waals surface area contributed by atoms with Crippen LogP contribution in [0.4, 0.5) is 0 Å². The van der Waals surface area contributed by atoms with Crippen molar-refractivity contribution >= 4 is 27.5 Å². The monoisotopic (exact) mass is 329 g/mol. The minimum Gasteiger partial charge on any atom is -0.310 e. The standard InChI is InChI=1S/C15H21BrClN/c1-4-9-18-15(8-5-11(2)3)12-6-7-13(16)14(17)10-12/h6-7,10,15,18H,2,4-5,8-9H2,1,3H3. The minimum atomic E-state index is 0.354. The second-order valence-corrected chi connectivity index (χ2v) is 5.94. The quantitative estimate of drug-likeness (QED) is 0.651. The van der Waals surface area contributed by atoms with Crippen LogP contribution >= 0.6 is 27.5 Å². The Bertz CT molecular complexity index is 403. The Balaban J connectivity index is 2.79. The maximum absolute atomic E-state index is 6.16. The summed E-state index contributed by atoms with van der Waals surface area (Å²) in [7, 11) is 0. The van der Waals surface area contributed by atoms with Gasteiger partial charge in [0.1, 0.15) is 0 Å². The lowest BCUT2D eigenvalue weighted by Gasteiger charge is -2.19. The Labute approximate surface area is 124 Å². The van der Waals surface area contributed by atoms with E-state index in [1.165, 1.54) is 11.1 Å². The highest BCUT2D eigenvalue weighted by molar-refractivity contribution is 9.10. The molecule has 1 nitrogen and oxygen atoms in total. The number of rotatable bonds is 7. The van der Waals surface area contributed by atoms with Crippen molar-refractivity contribution in [1.29, 1.82) is 0 Å². The molecule has 0 aromatic heterocycles. The lowest BCUT2D eigenvalue weighted by Crippen LogP contribution is -2.22. The zero-order valence-electron chi connectivity index (χ0n) is 11.1. The first-order chi connectivity index (χ1) is 8.54. The van der Waals surface area contributed by atoms with Crippen molar-refractivity contribution < 1.29 is 0 Å². The summed E-state index contributed by atoms with van der Waals surface area (Å²) in [6, 6.07) is 6.53. The second-order valence-electron chi connectivity index (χ2n) is 4.68. The summed E-state index contributed by atoms with van der Waals surface area (Å²) in [5.74, 6) is 0. The first kappa shape index (κ1) is 15.7. The first-order valence-corrected chi connectivity index (χ1v) is 7.54. The molecule has 3 heteroatoms. The third-order valence-corrected chi connectivity index (χ3v) is 4.08. The van der Waals surface area contributed by atoms with E-state index in [1.54, 1.807) is 0 Å². The number of allylic oxidation sites excluding steroid dienone is 1. The molecule has 0 fully saturated rings. The smallest absolute Gasteiger partial charge is 0.0551 e. The Morgan fingerprint density at radius 2 is 2.22 bits per heavy atom. The van der Waals surface area contributed by atoms with Gasteiger partial charge in [0.05, 0.1) is 5.02 Å². The van der Waals surface area contributed by atoms with Gasteiger partial charge in [-0.15, -0.1) is 6.58 Å². The van der Waals surface area contributed by atoms with E-state index in [4.69, 9.17) is 11.6 Å². The molecule has 1 aromatic carbocycles. The number of benzene rings is 1. The van der Waals surface area contributed by atoms with Crippen LogP contribution in [-0.2, 0) is 0 Å². The van der Waals surface area contributed by atoms with E-state index >= 15 is 0 Å². The average Bonchev–Trinajstić information content (AvgIpc) is 2.33. The zero-order chi connectivity index (χ0) is 13.5. The van der Waals surface area contributed by atoms with E-state index in [2.05, 4.69) is 47.7 Å². The van der Waals surface area contributed by atoms with E-state index in [9.17, 15) is 0 Å². The van der Waals surface area contributed by atoms with Gasteiger partial charge >= 0.3 is 0 Å². The van der Waals surface area contributed by atoms with Crippen LogP contribution in [0.15, 0.2) is 34.8 Å². The average molecular weight is 331 g/mol. The van der Waals surface area contributed by atoms with Crippen LogP contribution in [-0.4, -0.2) is 6.54 Å². The van der Waals surface area contributed by atoms with Gasteiger partial charge < -0.3 is 5.32 Å². The van der Waals surface area contributed by atoms with Crippen LogP contribution < -0.4 is 5.32 Å². The number of hydrogen-bond donors (Lipinski definition) is 1. The Morgan fingerprint density at radius 1 is 1.50 bits per heavy atom. The van der Waals surface area contributed by atoms with Gasteiger partial charge in [-0.05, 0) is 66.4 Å². The predicted octanol–water partition coefficient (Wildman–Crippen LogP) is 5.50. The summed E-state index contributed by atoms with van der Waals surface area (Å²) in [5.41, 5.74) is 2.47. The molecule has 0 amide bonds. The summed E-state index contributed by atoms with van der Waals surface area (Å²) < 4.78 is 0.946. The molecule has 1 N–H and O–H groups in total. The molecule has 0 aliphatic carbocycles. The lowest BCUT2D eigenvalue weighted by atomic mass is 10.00. The molecule has 0 radical (unpaired) electrons. The van der Waals surface area contributed by atoms with Gasteiger partial charge in [0, 0.05) is 10.5 Å². The Kier molecular flexibility index (Phi) is 6.98. The molecule has 18 heavy (non-hydrogen) atoms. The minimum absolute atomic E-state index is 0.354. The van der Waals surface area contributed by atoms with Crippen molar-refractivity contribution in [3.63, 3.8) is 0 Å². The third-order valence-electron chi connectivity index (χ3n) is 2.85. The fourth-order valence-corrected chi connectivity index (χ4v) is 2.26. The topological polar surface area (TPSA) is 12.0 Å². The number of nitrogens with one attached hydrogen (secondary N) is 1. The van der Waals surface area contributed by atoms with Crippen molar-refractivity contribution in [2.75, 3.05) is 6.54 Å². The van der Waals surface area contributed by atoms with E-state index in [0.717, 1.165) is 35.3 Å². The van der Waals surface area contributed by atoms with Gasteiger partial charge in [-0.2, -0.15) is 0 Å². The second kappa shape index (κ2) is 7.98. The van der Waals surface area contributed by atoms with Crippen molar-refractivity contribution in [3.05, 3.63) is 45.4 Å². The maximum Gasteiger partial charge on any atom is 0.0551 e.